The van der Waals surface area contributed by atoms with Crippen molar-refractivity contribution in [2.24, 2.45) is 5.92 Å². The first kappa shape index (κ1) is 38.1. The van der Waals surface area contributed by atoms with Crippen molar-refractivity contribution in [3.8, 4) is 17.6 Å². The number of allylic oxidation sites excluding steroid dienone is 7. The molecule has 1 unspecified atom stereocenters. The molecule has 1 atom stereocenters. The van der Waals surface area contributed by atoms with Gasteiger partial charge in [0.2, 0.25) is 0 Å². The number of unbranched alkanes of at least 4 members (excludes halogenated alkanes) is 1. The molecule has 1 aromatic carbocycles. The molecule has 250 valence electrons. The molecule has 0 fully saturated rings. The Kier molecular flexibility index (Phi) is 19.3. The second-order valence-electron chi connectivity index (χ2n) is 10.3. The predicted molar refractivity (Wildman–Crippen MR) is 177 cm³/mol. The fraction of sp³-hybridized carbons (Fsp3) is 0.459. The Balaban J connectivity index is 1.79. The van der Waals surface area contributed by atoms with Crippen molar-refractivity contribution in [3.05, 3.63) is 89.1 Å². The molecule has 2 rings (SSSR count). The van der Waals surface area contributed by atoms with Crippen LogP contribution in [0.5, 0.6) is 5.75 Å². The van der Waals surface area contributed by atoms with E-state index in [-0.39, 0.29) is 5.92 Å². The molecule has 9 heteroatoms. The first-order valence-corrected chi connectivity index (χ1v) is 15.7. The molecule has 0 aromatic heterocycles. The summed E-state index contributed by atoms with van der Waals surface area (Å²) in [7, 11) is 1.62. The number of carbonyl (C=O) groups excluding carboxylic acids is 2. The molecule has 1 aliphatic carbocycles. The smallest absolute Gasteiger partial charge is 0.343 e. The minimum atomic E-state index is -0.508. The van der Waals surface area contributed by atoms with E-state index in [1.165, 1.54) is 0 Å². The Morgan fingerprint density at radius 1 is 0.891 bits per heavy atom. The number of hydrogen-bond acceptors (Lipinski definition) is 9. The van der Waals surface area contributed by atoms with E-state index < -0.39 is 11.9 Å². The van der Waals surface area contributed by atoms with Crippen molar-refractivity contribution in [2.45, 2.75) is 53.4 Å². The third kappa shape index (κ3) is 16.3. The molecule has 0 radical (unpaired) electrons. The van der Waals surface area contributed by atoms with Crippen molar-refractivity contribution in [1.29, 1.82) is 0 Å². The van der Waals surface area contributed by atoms with Gasteiger partial charge >= 0.3 is 11.9 Å². The highest BCUT2D eigenvalue weighted by atomic mass is 16.5. The maximum absolute atomic E-state index is 12.8. The zero-order chi connectivity index (χ0) is 33.4. The van der Waals surface area contributed by atoms with Crippen LogP contribution in [0.15, 0.2) is 83.6 Å². The average molecular weight is 637 g/mol. The molecule has 0 heterocycles. The van der Waals surface area contributed by atoms with Gasteiger partial charge in [-0.1, -0.05) is 25.0 Å². The lowest BCUT2D eigenvalue weighted by molar-refractivity contribution is -0.134. The molecule has 0 saturated heterocycles. The molecule has 1 aromatic rings. The van der Waals surface area contributed by atoms with E-state index in [1.807, 2.05) is 26.8 Å². The Hall–Kier alpha value is -4.10. The van der Waals surface area contributed by atoms with E-state index >= 15 is 0 Å². The van der Waals surface area contributed by atoms with Crippen LogP contribution in [0.25, 0.3) is 0 Å². The third-order valence-corrected chi connectivity index (χ3v) is 6.38. The fourth-order valence-electron chi connectivity index (χ4n) is 3.91. The van der Waals surface area contributed by atoms with E-state index in [0.717, 1.165) is 18.6 Å². The lowest BCUT2D eigenvalue weighted by atomic mass is 10.2. The zero-order valence-electron chi connectivity index (χ0n) is 27.8. The lowest BCUT2D eigenvalue weighted by Crippen LogP contribution is -2.10. The normalized spacial score (nSPS) is 13.8. The third-order valence-electron chi connectivity index (χ3n) is 6.38. The minimum Gasteiger partial charge on any atom is -0.498 e. The van der Waals surface area contributed by atoms with Gasteiger partial charge < -0.3 is 33.2 Å². The number of rotatable bonds is 21. The number of esters is 2. The molecular formula is C37H48O9. The predicted octanol–water partition coefficient (Wildman–Crippen LogP) is 6.87. The van der Waals surface area contributed by atoms with E-state index in [1.54, 1.807) is 68.7 Å². The molecule has 0 aliphatic heterocycles. The second kappa shape index (κ2) is 23.3. The summed E-state index contributed by atoms with van der Waals surface area (Å²) >= 11 is 0. The monoisotopic (exact) mass is 636 g/mol. The molecule has 0 N–H and O–H groups in total. The molecule has 9 nitrogen and oxygen atoms in total. The molecule has 0 saturated carbocycles. The highest BCUT2D eigenvalue weighted by Crippen LogP contribution is 2.17. The van der Waals surface area contributed by atoms with Gasteiger partial charge in [0.05, 0.1) is 49.9 Å². The van der Waals surface area contributed by atoms with Crippen molar-refractivity contribution in [3.63, 3.8) is 0 Å². The van der Waals surface area contributed by atoms with Gasteiger partial charge in [-0.3, -0.25) is 0 Å². The zero-order valence-corrected chi connectivity index (χ0v) is 27.8. The van der Waals surface area contributed by atoms with Gasteiger partial charge in [-0.05, 0) is 82.2 Å². The van der Waals surface area contributed by atoms with Crippen molar-refractivity contribution >= 4 is 11.9 Å². The van der Waals surface area contributed by atoms with Gasteiger partial charge in [0, 0.05) is 32.5 Å². The Labute approximate surface area is 273 Å². The number of ether oxygens (including phenoxy) is 7. The van der Waals surface area contributed by atoms with Crippen molar-refractivity contribution in [1.82, 2.24) is 0 Å². The summed E-state index contributed by atoms with van der Waals surface area (Å²) in [5.41, 5.74) is 0.789. The van der Waals surface area contributed by atoms with Gasteiger partial charge in [-0.25, -0.2) is 9.59 Å². The SMILES string of the molecule is CC#CC(C)COCCCCOC1=CC=C(C(=O)O/C(=C/C=C(\C)OC(=O)c2ccc(OCCOCCOC)cc2)CC)C=CC1. The van der Waals surface area contributed by atoms with Gasteiger partial charge in [-0.15, -0.1) is 5.92 Å². The first-order valence-electron chi connectivity index (χ1n) is 15.7. The number of methoxy groups -OCH3 is 1. The van der Waals surface area contributed by atoms with E-state index in [9.17, 15) is 9.59 Å². The highest BCUT2D eigenvalue weighted by Gasteiger charge is 2.13. The Bertz CT molecular complexity index is 1290. The van der Waals surface area contributed by atoms with Gasteiger partial charge in [-0.2, -0.15) is 0 Å². The molecule has 0 bridgehead atoms. The summed E-state index contributed by atoms with van der Waals surface area (Å²) in [5.74, 6) is 7.41. The number of carbonyl (C=O) groups is 2. The van der Waals surface area contributed by atoms with Crippen LogP contribution >= 0.6 is 0 Å². The summed E-state index contributed by atoms with van der Waals surface area (Å²) in [6.45, 7) is 11.2. The van der Waals surface area contributed by atoms with Crippen LogP contribution in [0.3, 0.4) is 0 Å². The van der Waals surface area contributed by atoms with Crippen molar-refractivity contribution < 1.29 is 42.7 Å². The van der Waals surface area contributed by atoms with Gasteiger partial charge in [0.25, 0.3) is 0 Å². The minimum absolute atomic E-state index is 0.241. The Morgan fingerprint density at radius 3 is 2.39 bits per heavy atom. The fourth-order valence-corrected chi connectivity index (χ4v) is 3.91. The highest BCUT2D eigenvalue weighted by molar-refractivity contribution is 5.92. The second-order valence-corrected chi connectivity index (χ2v) is 10.3. The largest absolute Gasteiger partial charge is 0.498 e. The molecule has 46 heavy (non-hydrogen) atoms. The topological polar surface area (TPSA) is 98.8 Å². The van der Waals surface area contributed by atoms with Crippen LogP contribution in [-0.4, -0.2) is 65.3 Å². The average Bonchev–Trinajstić information content (AvgIpc) is 3.30. The molecular weight excluding hydrogens is 588 g/mol. The summed E-state index contributed by atoms with van der Waals surface area (Å²) in [6, 6.07) is 6.66. The summed E-state index contributed by atoms with van der Waals surface area (Å²) in [6.07, 6.45) is 13.1. The maximum Gasteiger partial charge on any atom is 0.343 e. The molecule has 0 amide bonds. The summed E-state index contributed by atoms with van der Waals surface area (Å²) < 4.78 is 38.5. The summed E-state index contributed by atoms with van der Waals surface area (Å²) in [5, 5.41) is 0. The lowest BCUT2D eigenvalue weighted by Gasteiger charge is -2.09. The molecule has 1 aliphatic rings. The molecule has 0 spiro atoms. The van der Waals surface area contributed by atoms with Crippen molar-refractivity contribution in [2.75, 3.05) is 53.4 Å². The van der Waals surface area contributed by atoms with E-state index in [0.29, 0.717) is 87.5 Å². The standard InChI is InChI=1S/C37H48O9/c1-6-11-29(3)28-42-22-8-9-23-43-34-13-10-12-31(15-19-34)37(39)46-33(7-2)18-14-30(4)45-36(38)32-16-20-35(21-17-32)44-27-26-41-25-24-40-5/h10,12,14-21,29H,7-9,13,22-28H2,1-5H3/b30-14+,33-18+. The first-order chi connectivity index (χ1) is 22.4. The summed E-state index contributed by atoms with van der Waals surface area (Å²) in [4.78, 5) is 25.4. The van der Waals surface area contributed by atoms with E-state index in [4.69, 9.17) is 33.2 Å². The van der Waals surface area contributed by atoms with Crippen LogP contribution in [0.4, 0.5) is 0 Å². The van der Waals surface area contributed by atoms with Gasteiger partial charge in [0.1, 0.15) is 23.9 Å². The van der Waals surface area contributed by atoms with Crippen LogP contribution in [0.2, 0.25) is 0 Å². The van der Waals surface area contributed by atoms with E-state index in [2.05, 4.69) is 11.8 Å². The number of hydrogen-bond donors (Lipinski definition) is 0. The van der Waals surface area contributed by atoms with Crippen LogP contribution in [0.1, 0.15) is 63.7 Å². The van der Waals surface area contributed by atoms with Crippen LogP contribution in [0, 0.1) is 17.8 Å². The van der Waals surface area contributed by atoms with Crippen LogP contribution in [-0.2, 0) is 33.2 Å². The number of benzene rings is 1. The quantitative estimate of drug-likeness (QED) is 0.0471. The maximum atomic E-state index is 12.8. The van der Waals surface area contributed by atoms with Crippen LogP contribution < -0.4 is 4.74 Å². The Morgan fingerprint density at radius 2 is 1.65 bits per heavy atom. The van der Waals surface area contributed by atoms with Gasteiger partial charge in [0.15, 0.2) is 0 Å².